The van der Waals surface area contributed by atoms with E-state index >= 15 is 0 Å². The number of esters is 6. The molecule has 3 fully saturated rings. The fraction of sp³-hybridized carbons (Fsp3) is 0.524. The summed E-state index contributed by atoms with van der Waals surface area (Å²) < 4.78 is 43.4. The molecule has 0 amide bonds. The van der Waals surface area contributed by atoms with E-state index in [4.69, 9.17) is 33.2 Å². The third-order valence-electron chi connectivity index (χ3n) is 12.2. The summed E-state index contributed by atoms with van der Waals surface area (Å²) in [6, 6.07) is 16.1. The van der Waals surface area contributed by atoms with Crippen molar-refractivity contribution in [1.82, 2.24) is 0 Å². The highest BCUT2D eigenvalue weighted by Gasteiger charge is 2.79. The fourth-order valence-electron chi connectivity index (χ4n) is 9.74. The Balaban J connectivity index is 1.74. The zero-order valence-corrected chi connectivity index (χ0v) is 32.7. The van der Waals surface area contributed by atoms with Crippen LogP contribution < -0.4 is 0 Å². The van der Waals surface area contributed by atoms with Crippen molar-refractivity contribution in [2.24, 2.45) is 16.7 Å². The summed E-state index contributed by atoms with van der Waals surface area (Å²) in [5, 5.41) is 13.7. The molecule has 2 aromatic carbocycles. The molecule has 1 heterocycles. The molecule has 56 heavy (non-hydrogen) atoms. The van der Waals surface area contributed by atoms with Gasteiger partial charge in [0.2, 0.25) is 0 Å². The van der Waals surface area contributed by atoms with Crippen LogP contribution in [0, 0.1) is 16.7 Å². The third kappa shape index (κ3) is 6.66. The second kappa shape index (κ2) is 14.8. The first-order valence-corrected chi connectivity index (χ1v) is 18.6. The molecule has 1 N–H and O–H groups in total. The summed E-state index contributed by atoms with van der Waals surface area (Å²) in [7, 11) is 0. The second-order valence-corrected chi connectivity index (χ2v) is 15.9. The number of carbonyl (C=O) groups excluding carboxylic acids is 6. The van der Waals surface area contributed by atoms with Crippen molar-refractivity contribution in [3.8, 4) is 0 Å². The van der Waals surface area contributed by atoms with Gasteiger partial charge >= 0.3 is 35.8 Å². The molecule has 6 rings (SSSR count). The van der Waals surface area contributed by atoms with Crippen LogP contribution in [0.4, 0.5) is 0 Å². The average Bonchev–Trinajstić information content (AvgIpc) is 3.12. The molecule has 2 aromatic rings. The van der Waals surface area contributed by atoms with Gasteiger partial charge < -0.3 is 38.3 Å². The van der Waals surface area contributed by atoms with E-state index in [1.165, 1.54) is 45.0 Å². The normalized spacial score (nSPS) is 34.1. The smallest absolute Gasteiger partial charge is 0.338 e. The van der Waals surface area contributed by atoms with Crippen LogP contribution in [-0.4, -0.2) is 95.4 Å². The highest BCUT2D eigenvalue weighted by molar-refractivity contribution is 5.90. The number of benzene rings is 2. The molecule has 0 unspecified atom stereocenters. The lowest BCUT2D eigenvalue weighted by Gasteiger charge is -2.69. The topological polar surface area (TPSA) is 187 Å². The Kier molecular flexibility index (Phi) is 10.7. The molecule has 2 bridgehead atoms. The highest BCUT2D eigenvalue weighted by atomic mass is 16.6. The molecule has 0 radical (unpaired) electrons. The number of rotatable bonds is 8. The summed E-state index contributed by atoms with van der Waals surface area (Å²) in [4.78, 5) is 80.8. The SMILES string of the molecule is CC(=O)O[C@H]1C[C@@]2(O)[C@@H](OC(=O)c3ccccc3)[C@@H]3[C@]4(OC(C)=O)CO[C@@H]4C[C@H](OC(C)=O)[C@@]3(C)[C@@H](OC(C)=O)[C@H](OC(=O)c3ccccc3)C(=C1C)C2(C)C. The van der Waals surface area contributed by atoms with Crippen LogP contribution >= 0.6 is 0 Å². The summed E-state index contributed by atoms with van der Waals surface area (Å²) in [6.07, 6.45) is -8.65. The van der Waals surface area contributed by atoms with Crippen LogP contribution in [-0.2, 0) is 52.3 Å². The largest absolute Gasteiger partial charge is 0.462 e. The van der Waals surface area contributed by atoms with E-state index in [9.17, 15) is 33.9 Å². The van der Waals surface area contributed by atoms with E-state index < -0.39 is 100 Å². The predicted octanol–water partition coefficient (Wildman–Crippen LogP) is 4.45. The monoisotopic (exact) mass is 776 g/mol. The molecule has 0 spiro atoms. The van der Waals surface area contributed by atoms with Crippen molar-refractivity contribution in [1.29, 1.82) is 0 Å². The van der Waals surface area contributed by atoms with Crippen LogP contribution in [0.15, 0.2) is 71.8 Å². The minimum atomic E-state index is -2.23. The number of hydrogen-bond acceptors (Lipinski definition) is 14. The molecule has 0 aromatic heterocycles. The standard InChI is InChI=1S/C42H48O14/c1-22-29(51-23(2)43)20-42(49)36(55-38(48)28-17-13-10-14-18-28)34-40(8,30(52-24(3)44)19-31-41(34,21-50-31)56-26(5)46)35(53-25(4)45)33(32(22)39(42,6)7)54-37(47)27-15-11-9-12-16-27/h9-18,29-31,33-36,49H,19-21H2,1-8H3/t29-,30-,31+,33+,34-,35-,36-,40+,41-,42+/m0/s1. The molecule has 10 atom stereocenters. The van der Waals surface area contributed by atoms with Crippen LogP contribution in [0.25, 0.3) is 0 Å². The van der Waals surface area contributed by atoms with E-state index in [1.807, 2.05) is 0 Å². The van der Waals surface area contributed by atoms with E-state index in [1.54, 1.807) is 64.1 Å². The number of hydrogen-bond donors (Lipinski definition) is 1. The number of aliphatic hydroxyl groups is 1. The quantitative estimate of drug-likeness (QED) is 0.225. The van der Waals surface area contributed by atoms with Gasteiger partial charge in [-0.2, -0.15) is 0 Å². The van der Waals surface area contributed by atoms with Gasteiger partial charge in [-0.25, -0.2) is 9.59 Å². The first kappa shape index (κ1) is 40.6. The van der Waals surface area contributed by atoms with Gasteiger partial charge in [-0.05, 0) is 42.3 Å². The van der Waals surface area contributed by atoms with Crippen LogP contribution in [0.2, 0.25) is 0 Å². The summed E-state index contributed by atoms with van der Waals surface area (Å²) in [5.41, 5.74) is -6.41. The van der Waals surface area contributed by atoms with Gasteiger partial charge in [-0.1, -0.05) is 57.2 Å². The molecule has 3 aliphatic carbocycles. The number of ether oxygens (including phenoxy) is 7. The van der Waals surface area contributed by atoms with Gasteiger partial charge in [0, 0.05) is 46.0 Å². The predicted molar refractivity (Wildman–Crippen MR) is 194 cm³/mol. The molecule has 2 saturated carbocycles. The molecule has 14 nitrogen and oxygen atoms in total. The van der Waals surface area contributed by atoms with Crippen molar-refractivity contribution in [3.63, 3.8) is 0 Å². The van der Waals surface area contributed by atoms with Crippen molar-refractivity contribution in [2.45, 2.75) is 116 Å². The molecule has 4 aliphatic rings. The fourth-order valence-corrected chi connectivity index (χ4v) is 9.74. The molecular weight excluding hydrogens is 728 g/mol. The Morgan fingerprint density at radius 1 is 0.696 bits per heavy atom. The highest BCUT2D eigenvalue weighted by Crippen LogP contribution is 2.66. The van der Waals surface area contributed by atoms with E-state index in [0.717, 1.165) is 6.92 Å². The summed E-state index contributed by atoms with van der Waals surface area (Å²) >= 11 is 0. The minimum absolute atomic E-state index is 0.0910. The zero-order chi connectivity index (χ0) is 41.0. The number of fused-ring (bicyclic) bond motifs is 5. The molecule has 1 aliphatic heterocycles. The van der Waals surface area contributed by atoms with Crippen molar-refractivity contribution in [3.05, 3.63) is 82.9 Å². The number of carbonyl (C=O) groups is 6. The van der Waals surface area contributed by atoms with Gasteiger partial charge in [0.1, 0.15) is 30.0 Å². The lowest BCUT2D eigenvalue weighted by Crippen LogP contribution is -2.83. The van der Waals surface area contributed by atoms with Gasteiger partial charge in [-0.15, -0.1) is 0 Å². The van der Waals surface area contributed by atoms with Crippen molar-refractivity contribution < 1.29 is 67.0 Å². The van der Waals surface area contributed by atoms with Gasteiger partial charge in [0.05, 0.1) is 29.1 Å². The Morgan fingerprint density at radius 2 is 1.23 bits per heavy atom. The molecule has 14 heteroatoms. The van der Waals surface area contributed by atoms with Crippen molar-refractivity contribution in [2.75, 3.05) is 6.61 Å². The Bertz CT molecular complexity index is 1940. The van der Waals surface area contributed by atoms with E-state index in [2.05, 4.69) is 0 Å². The van der Waals surface area contributed by atoms with Gasteiger partial charge in [-0.3, -0.25) is 19.2 Å². The Labute approximate surface area is 324 Å². The first-order chi connectivity index (χ1) is 26.3. The van der Waals surface area contributed by atoms with Crippen molar-refractivity contribution >= 4 is 35.8 Å². The summed E-state index contributed by atoms with van der Waals surface area (Å²) in [5.74, 6) is -6.06. The van der Waals surface area contributed by atoms with Gasteiger partial charge in [0.15, 0.2) is 17.8 Å². The lowest BCUT2D eigenvalue weighted by molar-refractivity contribution is -0.365. The second-order valence-electron chi connectivity index (χ2n) is 15.9. The maximum absolute atomic E-state index is 14.3. The minimum Gasteiger partial charge on any atom is -0.462 e. The van der Waals surface area contributed by atoms with Crippen LogP contribution in [0.3, 0.4) is 0 Å². The Morgan fingerprint density at radius 3 is 1.71 bits per heavy atom. The molecule has 1 saturated heterocycles. The first-order valence-electron chi connectivity index (χ1n) is 18.6. The van der Waals surface area contributed by atoms with E-state index in [-0.39, 0.29) is 36.1 Å². The average molecular weight is 777 g/mol. The molecular formula is C42H48O14. The maximum Gasteiger partial charge on any atom is 0.338 e. The van der Waals surface area contributed by atoms with Crippen LogP contribution in [0.1, 0.15) is 88.9 Å². The Hall–Kier alpha value is -5.08. The van der Waals surface area contributed by atoms with Crippen LogP contribution in [0.5, 0.6) is 0 Å². The third-order valence-corrected chi connectivity index (χ3v) is 12.2. The zero-order valence-electron chi connectivity index (χ0n) is 32.7. The maximum atomic E-state index is 14.3. The molecule has 300 valence electrons. The van der Waals surface area contributed by atoms with Gasteiger partial charge in [0.25, 0.3) is 0 Å². The van der Waals surface area contributed by atoms with E-state index in [0.29, 0.717) is 5.57 Å². The lowest BCUT2D eigenvalue weighted by atomic mass is 9.44. The summed E-state index contributed by atoms with van der Waals surface area (Å²) in [6.45, 7) is 11.1.